The number of unbranched alkanes of at least 4 members (excludes halogenated alkanes) is 8. The number of aromatic nitrogens is 4. The molecule has 5 heterocycles. The fraction of sp³-hybridized carbons (Fsp3) is 0.703. The summed E-state index contributed by atoms with van der Waals surface area (Å²) in [6.45, 7) is 41.9. The molecule has 506 valence electrons. The quantitative estimate of drug-likeness (QED) is 0.0241. The molecule has 2 aliphatic rings. The summed E-state index contributed by atoms with van der Waals surface area (Å²) in [4.78, 5) is 50.8. The van der Waals surface area contributed by atoms with E-state index in [4.69, 9.17) is 9.97 Å². The Morgan fingerprint density at radius 1 is 0.367 bits per heavy atom. The number of nitrogens with zero attached hydrogens (tertiary/aromatic N) is 4. The molecule has 0 aromatic carbocycles. The van der Waals surface area contributed by atoms with Gasteiger partial charge >= 0.3 is 0 Å². The molecule has 2 amide bonds. The number of nitrogens with one attached hydrogen (secondary N) is 10. The van der Waals surface area contributed by atoms with Crippen molar-refractivity contribution in [3.63, 3.8) is 0 Å². The maximum absolute atomic E-state index is 14.2. The smallest absolute Gasteiger partial charge is 0.222 e. The summed E-state index contributed by atoms with van der Waals surface area (Å²) in [6, 6.07) is 8.85. The van der Waals surface area contributed by atoms with E-state index in [1.165, 1.54) is 99.3 Å². The zero-order valence-electron chi connectivity index (χ0n) is 58.6. The Morgan fingerprint density at radius 2 is 0.678 bits per heavy atom. The molecule has 16 heteroatoms. The minimum absolute atomic E-state index is 0.186. The molecule has 16 nitrogen and oxygen atoms in total. The molecule has 5 rings (SSSR count). The Kier molecular flexibility index (Phi) is 38.4. The molecule has 3 aromatic heterocycles. The van der Waals surface area contributed by atoms with E-state index in [0.29, 0.717) is 38.8 Å². The maximum Gasteiger partial charge on any atom is 0.222 e. The predicted molar refractivity (Wildman–Crippen MR) is 385 cm³/mol. The molecular weight excluding hydrogens is 1120 g/mol. The third-order valence-corrected chi connectivity index (χ3v) is 18.5. The van der Waals surface area contributed by atoms with Crippen molar-refractivity contribution in [2.24, 2.45) is 0 Å². The van der Waals surface area contributed by atoms with E-state index in [1.807, 2.05) is 9.80 Å². The SMILES string of the molecule is CCNCCCCNCCCCNCCCCNCCCCN(CC)C(=O)CCC1=C(C)c2cc3[nH]c(cc4nc(cc5[nH]c(cc1n2)c(CCC(=O)N(CC)CCCCNCCCCNCCCCNCCCCNCC)c5C)C(CC)=C4C)c(CC)c3C. The second-order valence-corrected chi connectivity index (χ2v) is 25.2. The van der Waals surface area contributed by atoms with Crippen LogP contribution in [0, 0.1) is 13.8 Å². The van der Waals surface area contributed by atoms with Gasteiger partial charge in [-0.25, -0.2) is 9.97 Å². The Bertz CT molecular complexity index is 2760. The zero-order chi connectivity index (χ0) is 64.6. The van der Waals surface area contributed by atoms with Crippen LogP contribution in [0.2, 0.25) is 0 Å². The van der Waals surface area contributed by atoms with Gasteiger partial charge in [-0.15, -0.1) is 0 Å². The van der Waals surface area contributed by atoms with Crippen LogP contribution < -0.4 is 42.5 Å². The van der Waals surface area contributed by atoms with E-state index in [-0.39, 0.29) is 11.8 Å². The van der Waals surface area contributed by atoms with E-state index in [2.05, 4.69) is 146 Å². The summed E-state index contributed by atoms with van der Waals surface area (Å²) in [6.07, 6.45) is 22.4. The normalized spacial score (nSPS) is 12.6. The number of aromatic amines is 2. The van der Waals surface area contributed by atoms with Gasteiger partial charge in [0.2, 0.25) is 11.8 Å². The first-order valence-corrected chi connectivity index (χ1v) is 36.3. The molecular formula is C74H128N14O2. The molecule has 10 N–H and O–H groups in total. The van der Waals surface area contributed by atoms with Crippen molar-refractivity contribution in [3.05, 3.63) is 69.3 Å². The summed E-state index contributed by atoms with van der Waals surface area (Å²) in [5.74, 6) is 0.376. The van der Waals surface area contributed by atoms with E-state index in [9.17, 15) is 9.59 Å². The lowest BCUT2D eigenvalue weighted by molar-refractivity contribution is -0.131. The van der Waals surface area contributed by atoms with Gasteiger partial charge in [-0.1, -0.05) is 27.7 Å². The number of carbonyl (C=O) groups excluding carboxylic acids is 2. The molecule has 2 aliphatic heterocycles. The molecule has 0 spiro atoms. The second kappa shape index (κ2) is 45.5. The van der Waals surface area contributed by atoms with Crippen LogP contribution in [0.15, 0.2) is 24.3 Å². The van der Waals surface area contributed by atoms with Crippen molar-refractivity contribution < 1.29 is 9.59 Å². The minimum atomic E-state index is 0.186. The number of hydrogen-bond donors (Lipinski definition) is 10. The lowest BCUT2D eigenvalue weighted by Crippen LogP contribution is -2.32. The van der Waals surface area contributed by atoms with Crippen LogP contribution in [0.3, 0.4) is 0 Å². The van der Waals surface area contributed by atoms with Crippen LogP contribution in [0.5, 0.6) is 0 Å². The van der Waals surface area contributed by atoms with Crippen molar-refractivity contribution in [1.29, 1.82) is 0 Å². The summed E-state index contributed by atoms with van der Waals surface area (Å²) in [5, 5.41) is 28.5. The van der Waals surface area contributed by atoms with Crippen LogP contribution in [0.4, 0.5) is 0 Å². The third kappa shape index (κ3) is 26.7. The molecule has 0 aliphatic carbocycles. The molecule has 0 unspecified atom stereocenters. The highest BCUT2D eigenvalue weighted by molar-refractivity contribution is 5.95. The van der Waals surface area contributed by atoms with Gasteiger partial charge in [0.1, 0.15) is 0 Å². The molecule has 0 radical (unpaired) electrons. The van der Waals surface area contributed by atoms with Gasteiger partial charge in [0.15, 0.2) is 0 Å². The number of hydrogen-bond acceptors (Lipinski definition) is 12. The van der Waals surface area contributed by atoms with E-state index < -0.39 is 0 Å². The highest BCUT2D eigenvalue weighted by Crippen LogP contribution is 2.37. The summed E-state index contributed by atoms with van der Waals surface area (Å²) >= 11 is 0. The van der Waals surface area contributed by atoms with Gasteiger partial charge in [-0.3, -0.25) is 9.59 Å². The molecule has 0 saturated heterocycles. The molecule has 0 fully saturated rings. The van der Waals surface area contributed by atoms with Gasteiger partial charge < -0.3 is 62.3 Å². The van der Waals surface area contributed by atoms with Crippen LogP contribution in [-0.2, 0) is 22.4 Å². The summed E-state index contributed by atoms with van der Waals surface area (Å²) < 4.78 is 0. The highest BCUT2D eigenvalue weighted by Gasteiger charge is 2.23. The number of rotatable bonds is 52. The lowest BCUT2D eigenvalue weighted by Gasteiger charge is -2.21. The van der Waals surface area contributed by atoms with Crippen LogP contribution in [0.25, 0.3) is 44.4 Å². The molecule has 0 saturated carbocycles. The van der Waals surface area contributed by atoms with Crippen molar-refractivity contribution in [3.8, 4) is 0 Å². The van der Waals surface area contributed by atoms with Crippen molar-refractivity contribution >= 4 is 56.2 Å². The van der Waals surface area contributed by atoms with E-state index in [0.717, 1.165) is 223 Å². The van der Waals surface area contributed by atoms with Crippen LogP contribution in [0.1, 0.15) is 229 Å². The Labute approximate surface area is 546 Å². The van der Waals surface area contributed by atoms with Crippen LogP contribution >= 0.6 is 0 Å². The molecule has 0 atom stereocenters. The van der Waals surface area contributed by atoms with Crippen molar-refractivity contribution in [2.75, 3.05) is 131 Å². The molecule has 8 bridgehead atoms. The van der Waals surface area contributed by atoms with E-state index >= 15 is 0 Å². The Balaban J connectivity index is 1.17. The Hall–Kier alpha value is -4.78. The first-order valence-electron chi connectivity index (χ1n) is 36.3. The van der Waals surface area contributed by atoms with Gasteiger partial charge in [0, 0.05) is 61.1 Å². The van der Waals surface area contributed by atoms with E-state index in [1.54, 1.807) is 0 Å². The van der Waals surface area contributed by atoms with Gasteiger partial charge in [0.05, 0.1) is 22.8 Å². The van der Waals surface area contributed by atoms with Gasteiger partial charge in [0.25, 0.3) is 0 Å². The topological polar surface area (TPSA) is 194 Å². The number of H-pyrrole nitrogens is 2. The number of fused-ring (bicyclic) bond motifs is 8. The van der Waals surface area contributed by atoms with Gasteiger partial charge in [-0.2, -0.15) is 0 Å². The highest BCUT2D eigenvalue weighted by atomic mass is 16.2. The minimum Gasteiger partial charge on any atom is -0.355 e. The van der Waals surface area contributed by atoms with Crippen LogP contribution in [-0.4, -0.2) is 172 Å². The second-order valence-electron chi connectivity index (χ2n) is 25.2. The largest absolute Gasteiger partial charge is 0.355 e. The summed E-state index contributed by atoms with van der Waals surface area (Å²) in [5.41, 5.74) is 17.2. The standard InChI is InChI=1S/C74H128N14O2/c1-11-61-57(7)65-53-66-59(9)63(33-35-73(89)87(15-5)51-31-29-49-81-47-27-25-45-79-43-23-21-41-77-39-19-17-37-75-13-3)71(85-66)56-72-64(60(10)68(86-72)55-70-62(12-2)58(8)67(84-70)54-69(61)83-65)34-36-74(90)88(16-6)52-32-30-50-82-48-28-26-46-80-44-24-22-42-78-40-20-18-38-76-14-4/h53-56,75-83,86H,11-52H2,1-10H3. The fourth-order valence-corrected chi connectivity index (χ4v) is 12.7. The van der Waals surface area contributed by atoms with Crippen molar-refractivity contribution in [2.45, 2.75) is 210 Å². The fourth-order valence-electron chi connectivity index (χ4n) is 12.7. The monoisotopic (exact) mass is 1250 g/mol. The predicted octanol–water partition coefficient (Wildman–Crippen LogP) is 12.2. The van der Waals surface area contributed by atoms with Gasteiger partial charge in [-0.05, 0) is 343 Å². The lowest BCUT2D eigenvalue weighted by atomic mass is 9.99. The first-order chi connectivity index (χ1) is 44.0. The third-order valence-electron chi connectivity index (χ3n) is 18.5. The van der Waals surface area contributed by atoms with Crippen molar-refractivity contribution in [1.82, 2.24) is 72.3 Å². The molecule has 90 heavy (non-hydrogen) atoms. The summed E-state index contributed by atoms with van der Waals surface area (Å²) in [7, 11) is 0. The zero-order valence-corrected chi connectivity index (χ0v) is 58.6. The number of amides is 2. The number of aryl methyl sites for hydroxylation is 4. The average molecular weight is 1250 g/mol. The Morgan fingerprint density at radius 3 is 1.06 bits per heavy atom. The maximum atomic E-state index is 14.2. The molecule has 3 aromatic rings. The number of allylic oxidation sites excluding steroid dienone is 4. The number of carbonyl (C=O) groups is 2. The first kappa shape index (κ1) is 75.9. The average Bonchev–Trinajstić information content (AvgIpc) is 1.70.